The number of halogens is 4. The Morgan fingerprint density at radius 2 is 2.06 bits per heavy atom. The molecule has 0 aliphatic heterocycles. The first-order chi connectivity index (χ1) is 7.42. The fourth-order valence-electron chi connectivity index (χ4n) is 1.02. The second kappa shape index (κ2) is 5.23. The van der Waals surface area contributed by atoms with Gasteiger partial charge >= 0.3 is 6.36 Å². The lowest BCUT2D eigenvalue weighted by Crippen LogP contribution is -2.17. The molecule has 1 N–H and O–H groups in total. The Hall–Kier alpha value is -1.20. The van der Waals surface area contributed by atoms with Crippen molar-refractivity contribution in [3.8, 4) is 5.75 Å². The van der Waals surface area contributed by atoms with Crippen molar-refractivity contribution in [3.05, 3.63) is 34.9 Å². The third-order valence-electron chi connectivity index (χ3n) is 1.60. The van der Waals surface area contributed by atoms with E-state index < -0.39 is 12.1 Å². The van der Waals surface area contributed by atoms with E-state index in [4.69, 9.17) is 16.7 Å². The van der Waals surface area contributed by atoms with Gasteiger partial charge in [-0.2, -0.15) is 0 Å². The van der Waals surface area contributed by atoms with Gasteiger partial charge in [-0.3, -0.25) is 0 Å². The number of rotatable bonds is 3. The number of ether oxygens (including phenoxy) is 1. The fraction of sp³-hybridized carbons (Fsp3) is 0.200. The number of aliphatic hydroxyl groups excluding tert-OH is 1. The van der Waals surface area contributed by atoms with Crippen molar-refractivity contribution < 1.29 is 23.0 Å². The minimum absolute atomic E-state index is 0.141. The van der Waals surface area contributed by atoms with Gasteiger partial charge in [0.15, 0.2) is 0 Å². The molecule has 0 radical (unpaired) electrons. The van der Waals surface area contributed by atoms with Crippen LogP contribution in [0.4, 0.5) is 13.2 Å². The van der Waals surface area contributed by atoms with E-state index in [1.54, 1.807) is 0 Å². The monoisotopic (exact) mass is 252 g/mol. The summed E-state index contributed by atoms with van der Waals surface area (Å²) in [6.07, 6.45) is -1.79. The number of aliphatic hydroxyl groups is 1. The first-order valence-electron chi connectivity index (χ1n) is 4.25. The van der Waals surface area contributed by atoms with Crippen LogP contribution in [-0.4, -0.2) is 18.1 Å². The van der Waals surface area contributed by atoms with Crippen LogP contribution in [0.5, 0.6) is 5.75 Å². The summed E-state index contributed by atoms with van der Waals surface area (Å²) >= 11 is 5.59. The molecular weight excluding hydrogens is 245 g/mol. The quantitative estimate of drug-likeness (QED) is 0.895. The van der Waals surface area contributed by atoms with Crippen LogP contribution in [0.2, 0.25) is 5.02 Å². The summed E-state index contributed by atoms with van der Waals surface area (Å²) in [6, 6.07) is 3.83. The summed E-state index contributed by atoms with van der Waals surface area (Å²) in [4.78, 5) is 0. The summed E-state index contributed by atoms with van der Waals surface area (Å²) in [6.45, 7) is -0.154. The highest BCUT2D eigenvalue weighted by Gasteiger charge is 2.31. The molecule has 0 saturated heterocycles. The number of alkyl halides is 3. The second-order valence-corrected chi connectivity index (χ2v) is 3.23. The molecule has 0 saturated carbocycles. The Bertz CT molecular complexity index is 388. The fourth-order valence-corrected chi connectivity index (χ4v) is 1.24. The van der Waals surface area contributed by atoms with Gasteiger partial charge < -0.3 is 9.84 Å². The van der Waals surface area contributed by atoms with Crippen LogP contribution in [0.1, 0.15) is 5.56 Å². The lowest BCUT2D eigenvalue weighted by Gasteiger charge is -2.10. The lowest BCUT2D eigenvalue weighted by atomic mass is 10.2. The molecule has 0 spiro atoms. The molecule has 0 aromatic heterocycles. The van der Waals surface area contributed by atoms with Crippen molar-refractivity contribution in [3.63, 3.8) is 0 Å². The first kappa shape index (κ1) is 12.9. The van der Waals surface area contributed by atoms with Gasteiger partial charge in [-0.1, -0.05) is 29.8 Å². The maximum Gasteiger partial charge on any atom is 0.573 e. The first-order valence-corrected chi connectivity index (χ1v) is 4.63. The van der Waals surface area contributed by atoms with E-state index in [2.05, 4.69) is 4.74 Å². The van der Waals surface area contributed by atoms with Crippen LogP contribution in [-0.2, 0) is 0 Å². The molecular formula is C10H8ClF3O2. The van der Waals surface area contributed by atoms with Crippen molar-refractivity contribution in [2.45, 2.75) is 6.36 Å². The van der Waals surface area contributed by atoms with Crippen molar-refractivity contribution in [2.75, 3.05) is 6.61 Å². The van der Waals surface area contributed by atoms with Gasteiger partial charge in [-0.05, 0) is 17.7 Å². The largest absolute Gasteiger partial charge is 0.573 e. The molecule has 88 valence electrons. The zero-order chi connectivity index (χ0) is 12.2. The number of hydrogen-bond acceptors (Lipinski definition) is 2. The molecule has 1 rings (SSSR count). The van der Waals surface area contributed by atoms with Crippen molar-refractivity contribution in [1.82, 2.24) is 0 Å². The summed E-state index contributed by atoms with van der Waals surface area (Å²) in [5, 5.41) is 8.37. The van der Waals surface area contributed by atoms with E-state index in [0.29, 0.717) is 5.56 Å². The topological polar surface area (TPSA) is 29.5 Å². The van der Waals surface area contributed by atoms with Crippen LogP contribution < -0.4 is 4.74 Å². The van der Waals surface area contributed by atoms with Gasteiger partial charge in [-0.15, -0.1) is 13.2 Å². The molecule has 16 heavy (non-hydrogen) atoms. The third-order valence-corrected chi connectivity index (χ3v) is 1.89. The van der Waals surface area contributed by atoms with Crippen LogP contribution >= 0.6 is 11.6 Å². The van der Waals surface area contributed by atoms with Crippen LogP contribution in [0.15, 0.2) is 24.3 Å². The van der Waals surface area contributed by atoms with Gasteiger partial charge in [0.1, 0.15) is 5.75 Å². The van der Waals surface area contributed by atoms with E-state index in [0.717, 1.165) is 6.07 Å². The van der Waals surface area contributed by atoms with Gasteiger partial charge in [0.25, 0.3) is 0 Å². The summed E-state index contributed by atoms with van der Waals surface area (Å²) in [5.41, 5.74) is 0.577. The van der Waals surface area contributed by atoms with Crippen LogP contribution in [0, 0.1) is 0 Å². The normalized spacial score (nSPS) is 12.1. The van der Waals surface area contributed by atoms with E-state index in [1.807, 2.05) is 0 Å². The molecule has 0 heterocycles. The Balaban J connectivity index is 2.87. The molecule has 0 aliphatic carbocycles. The molecule has 0 aliphatic rings. The average Bonchev–Trinajstić information content (AvgIpc) is 2.17. The maximum absolute atomic E-state index is 11.9. The average molecular weight is 253 g/mol. The smallest absolute Gasteiger partial charge is 0.404 e. The Morgan fingerprint density at radius 3 is 2.56 bits per heavy atom. The molecule has 0 bridgehead atoms. The molecule has 0 amide bonds. The van der Waals surface area contributed by atoms with Crippen LogP contribution in [0.25, 0.3) is 6.08 Å². The van der Waals surface area contributed by atoms with Crippen molar-refractivity contribution in [2.24, 2.45) is 0 Å². The Labute approximate surface area is 94.9 Å². The van der Waals surface area contributed by atoms with Gasteiger partial charge in [0, 0.05) is 0 Å². The molecule has 1 aromatic carbocycles. The Morgan fingerprint density at radius 1 is 1.38 bits per heavy atom. The minimum atomic E-state index is -4.76. The highest BCUT2D eigenvalue weighted by molar-refractivity contribution is 6.32. The molecule has 6 heteroatoms. The van der Waals surface area contributed by atoms with E-state index in [1.165, 1.54) is 24.3 Å². The zero-order valence-electron chi connectivity index (χ0n) is 7.96. The summed E-state index contributed by atoms with van der Waals surface area (Å²) < 4.78 is 39.4. The number of hydrogen-bond donors (Lipinski definition) is 1. The summed E-state index contributed by atoms with van der Waals surface area (Å²) in [7, 11) is 0. The third kappa shape index (κ3) is 4.12. The van der Waals surface area contributed by atoms with Crippen molar-refractivity contribution >= 4 is 17.7 Å². The lowest BCUT2D eigenvalue weighted by molar-refractivity contribution is -0.274. The van der Waals surface area contributed by atoms with Gasteiger partial charge in [-0.25, -0.2) is 0 Å². The standard InChI is InChI=1S/C10H8ClF3O2/c11-8-6-7(2-1-5-15)3-4-9(8)16-10(12,13)14/h1-4,6,15H,5H2/b2-1+. The van der Waals surface area contributed by atoms with Crippen molar-refractivity contribution in [1.29, 1.82) is 0 Å². The van der Waals surface area contributed by atoms with Gasteiger partial charge in [0.05, 0.1) is 11.6 Å². The van der Waals surface area contributed by atoms with E-state index in [-0.39, 0.29) is 11.6 Å². The van der Waals surface area contributed by atoms with E-state index in [9.17, 15) is 13.2 Å². The Kier molecular flexibility index (Phi) is 4.20. The second-order valence-electron chi connectivity index (χ2n) is 2.82. The van der Waals surface area contributed by atoms with Crippen LogP contribution in [0.3, 0.4) is 0 Å². The highest BCUT2D eigenvalue weighted by Crippen LogP contribution is 2.30. The maximum atomic E-state index is 11.9. The summed E-state index contributed by atoms with van der Waals surface area (Å²) in [5.74, 6) is -0.449. The molecule has 2 nitrogen and oxygen atoms in total. The predicted molar refractivity (Wildman–Crippen MR) is 54.3 cm³/mol. The number of benzene rings is 1. The highest BCUT2D eigenvalue weighted by atomic mass is 35.5. The zero-order valence-corrected chi connectivity index (χ0v) is 8.72. The molecule has 0 atom stereocenters. The predicted octanol–water partition coefficient (Wildman–Crippen LogP) is 3.24. The molecule has 1 aromatic rings. The molecule has 0 fully saturated rings. The SMILES string of the molecule is OC/C=C/c1ccc(OC(F)(F)F)c(Cl)c1. The van der Waals surface area contributed by atoms with E-state index >= 15 is 0 Å². The molecule has 0 unspecified atom stereocenters. The minimum Gasteiger partial charge on any atom is -0.404 e. The van der Waals surface area contributed by atoms with Gasteiger partial charge in [0.2, 0.25) is 0 Å².